The summed E-state index contributed by atoms with van der Waals surface area (Å²) in [5.74, 6) is 0. The summed E-state index contributed by atoms with van der Waals surface area (Å²) in [7, 11) is 0. The first kappa shape index (κ1) is 11.1. The second-order valence-corrected chi connectivity index (χ2v) is 4.52. The molecule has 0 saturated heterocycles. The fourth-order valence-corrected chi connectivity index (χ4v) is 2.21. The van der Waals surface area contributed by atoms with Crippen molar-refractivity contribution < 1.29 is 4.79 Å². The van der Waals surface area contributed by atoms with Gasteiger partial charge in [-0.05, 0) is 54.0 Å². The van der Waals surface area contributed by atoms with E-state index in [9.17, 15) is 4.79 Å². The Labute approximate surface area is 102 Å². The molecule has 82 valence electrons. The molecule has 0 atom stereocenters. The molecular weight excluding hydrogens is 268 g/mol. The van der Waals surface area contributed by atoms with E-state index in [2.05, 4.69) is 21.0 Å². The Balaban J connectivity index is 2.56. The van der Waals surface area contributed by atoms with Crippen LogP contribution in [0.2, 0.25) is 0 Å². The molecule has 0 amide bonds. The van der Waals surface area contributed by atoms with Crippen molar-refractivity contribution in [1.82, 2.24) is 9.78 Å². The number of aldehydes is 1. The summed E-state index contributed by atoms with van der Waals surface area (Å²) in [6.45, 7) is 3.96. The minimum atomic E-state index is 0.650. The maximum absolute atomic E-state index is 10.6. The molecule has 0 fully saturated rings. The largest absolute Gasteiger partial charge is 0.298 e. The van der Waals surface area contributed by atoms with Gasteiger partial charge in [0.25, 0.3) is 0 Å². The van der Waals surface area contributed by atoms with Gasteiger partial charge in [-0.3, -0.25) is 4.79 Å². The highest BCUT2D eigenvalue weighted by Gasteiger charge is 2.07. The standard InChI is InChI=1S/C12H11BrN2O/c1-8-5-9(2)15(14-8)12-4-3-10(7-16)6-11(12)13/h3-7H,1-2H3. The van der Waals surface area contributed by atoms with Crippen molar-refractivity contribution in [3.05, 3.63) is 45.7 Å². The van der Waals surface area contributed by atoms with Crippen molar-refractivity contribution in [3.8, 4) is 5.69 Å². The third-order valence-electron chi connectivity index (χ3n) is 2.35. The summed E-state index contributed by atoms with van der Waals surface area (Å²) < 4.78 is 2.72. The molecule has 0 aliphatic rings. The zero-order valence-corrected chi connectivity index (χ0v) is 10.7. The van der Waals surface area contributed by atoms with Gasteiger partial charge in [-0.2, -0.15) is 5.10 Å². The number of hydrogen-bond donors (Lipinski definition) is 0. The summed E-state index contributed by atoms with van der Waals surface area (Å²) >= 11 is 3.45. The zero-order valence-electron chi connectivity index (χ0n) is 9.07. The first-order valence-corrected chi connectivity index (χ1v) is 5.69. The lowest BCUT2D eigenvalue weighted by Crippen LogP contribution is -2.00. The molecule has 0 radical (unpaired) electrons. The third-order valence-corrected chi connectivity index (χ3v) is 2.98. The second kappa shape index (κ2) is 4.22. The van der Waals surface area contributed by atoms with E-state index in [0.717, 1.165) is 27.8 Å². The lowest BCUT2D eigenvalue weighted by Gasteiger charge is -2.07. The minimum Gasteiger partial charge on any atom is -0.298 e. The molecular formula is C12H11BrN2O. The molecule has 0 aliphatic carbocycles. The topological polar surface area (TPSA) is 34.9 Å². The normalized spacial score (nSPS) is 10.4. The molecule has 0 unspecified atom stereocenters. The van der Waals surface area contributed by atoms with E-state index in [1.165, 1.54) is 0 Å². The van der Waals surface area contributed by atoms with Gasteiger partial charge in [0.05, 0.1) is 11.4 Å². The van der Waals surface area contributed by atoms with Gasteiger partial charge in [-0.1, -0.05) is 0 Å². The Morgan fingerprint density at radius 3 is 2.56 bits per heavy atom. The number of rotatable bonds is 2. The van der Waals surface area contributed by atoms with Crippen molar-refractivity contribution in [2.24, 2.45) is 0 Å². The number of carbonyl (C=O) groups excluding carboxylic acids is 1. The van der Waals surface area contributed by atoms with Crippen LogP contribution in [0.15, 0.2) is 28.7 Å². The molecule has 2 aromatic rings. The maximum atomic E-state index is 10.6. The molecule has 0 bridgehead atoms. The van der Waals surface area contributed by atoms with Gasteiger partial charge >= 0.3 is 0 Å². The van der Waals surface area contributed by atoms with Crippen LogP contribution < -0.4 is 0 Å². The maximum Gasteiger partial charge on any atom is 0.150 e. The Bertz CT molecular complexity index is 546. The molecule has 3 nitrogen and oxygen atoms in total. The van der Waals surface area contributed by atoms with Gasteiger partial charge in [0.1, 0.15) is 6.29 Å². The smallest absolute Gasteiger partial charge is 0.150 e. The van der Waals surface area contributed by atoms with Crippen molar-refractivity contribution in [2.45, 2.75) is 13.8 Å². The van der Waals surface area contributed by atoms with Crippen LogP contribution in [0.5, 0.6) is 0 Å². The second-order valence-electron chi connectivity index (χ2n) is 3.67. The number of nitrogens with zero attached hydrogens (tertiary/aromatic N) is 2. The molecule has 1 heterocycles. The molecule has 0 saturated carbocycles. The van der Waals surface area contributed by atoms with E-state index < -0.39 is 0 Å². The van der Waals surface area contributed by atoms with Crippen LogP contribution in [0.1, 0.15) is 21.7 Å². The minimum absolute atomic E-state index is 0.650. The number of hydrogen-bond acceptors (Lipinski definition) is 2. The van der Waals surface area contributed by atoms with Crippen LogP contribution in [-0.4, -0.2) is 16.1 Å². The van der Waals surface area contributed by atoms with E-state index in [-0.39, 0.29) is 0 Å². The van der Waals surface area contributed by atoms with E-state index in [4.69, 9.17) is 0 Å². The first-order valence-electron chi connectivity index (χ1n) is 4.90. The Morgan fingerprint density at radius 2 is 2.06 bits per heavy atom. The van der Waals surface area contributed by atoms with E-state index in [1.807, 2.05) is 30.7 Å². The summed E-state index contributed by atoms with van der Waals surface area (Å²) in [6.07, 6.45) is 0.829. The van der Waals surface area contributed by atoms with E-state index in [0.29, 0.717) is 5.56 Å². The first-order chi connectivity index (χ1) is 7.61. The van der Waals surface area contributed by atoms with E-state index >= 15 is 0 Å². The van der Waals surface area contributed by atoms with Gasteiger partial charge in [0, 0.05) is 15.7 Å². The van der Waals surface area contributed by atoms with Crippen molar-refractivity contribution in [3.63, 3.8) is 0 Å². The molecule has 4 heteroatoms. The van der Waals surface area contributed by atoms with Crippen LogP contribution in [0.4, 0.5) is 0 Å². The number of carbonyl (C=O) groups is 1. The molecule has 1 aromatic carbocycles. The lowest BCUT2D eigenvalue weighted by molar-refractivity contribution is 0.112. The molecule has 0 N–H and O–H groups in total. The van der Waals surface area contributed by atoms with Crippen LogP contribution in [0, 0.1) is 13.8 Å². The fourth-order valence-electron chi connectivity index (χ4n) is 1.64. The molecule has 0 spiro atoms. The monoisotopic (exact) mass is 278 g/mol. The number of aryl methyl sites for hydroxylation is 2. The van der Waals surface area contributed by atoms with Crippen molar-refractivity contribution >= 4 is 22.2 Å². The third kappa shape index (κ3) is 1.93. The Kier molecular flexibility index (Phi) is 2.92. The van der Waals surface area contributed by atoms with Gasteiger partial charge in [-0.15, -0.1) is 0 Å². The van der Waals surface area contributed by atoms with Crippen molar-refractivity contribution in [1.29, 1.82) is 0 Å². The van der Waals surface area contributed by atoms with Crippen LogP contribution in [0.25, 0.3) is 5.69 Å². The summed E-state index contributed by atoms with van der Waals surface area (Å²) in [5, 5.41) is 4.40. The SMILES string of the molecule is Cc1cc(C)n(-c2ccc(C=O)cc2Br)n1. The molecule has 1 aromatic heterocycles. The molecule has 0 aliphatic heterocycles. The zero-order chi connectivity index (χ0) is 11.7. The fraction of sp³-hybridized carbons (Fsp3) is 0.167. The summed E-state index contributed by atoms with van der Waals surface area (Å²) in [4.78, 5) is 10.6. The molecule has 2 rings (SSSR count). The summed E-state index contributed by atoms with van der Waals surface area (Å²) in [5.41, 5.74) is 3.63. The lowest BCUT2D eigenvalue weighted by atomic mass is 10.2. The van der Waals surface area contributed by atoms with Gasteiger partial charge in [-0.25, -0.2) is 4.68 Å². The van der Waals surface area contributed by atoms with Crippen LogP contribution in [0.3, 0.4) is 0 Å². The number of halogens is 1. The van der Waals surface area contributed by atoms with Gasteiger partial charge in [0.15, 0.2) is 0 Å². The quantitative estimate of drug-likeness (QED) is 0.792. The Morgan fingerprint density at radius 1 is 1.31 bits per heavy atom. The molecule has 16 heavy (non-hydrogen) atoms. The average Bonchev–Trinajstić information content (AvgIpc) is 2.57. The highest BCUT2D eigenvalue weighted by Crippen LogP contribution is 2.23. The van der Waals surface area contributed by atoms with Crippen molar-refractivity contribution in [2.75, 3.05) is 0 Å². The Hall–Kier alpha value is -1.42. The highest BCUT2D eigenvalue weighted by atomic mass is 79.9. The van der Waals surface area contributed by atoms with Gasteiger partial charge in [0.2, 0.25) is 0 Å². The van der Waals surface area contributed by atoms with Crippen LogP contribution >= 0.6 is 15.9 Å². The number of benzene rings is 1. The van der Waals surface area contributed by atoms with Gasteiger partial charge < -0.3 is 0 Å². The predicted octanol–water partition coefficient (Wildman–Crippen LogP) is 3.06. The average molecular weight is 279 g/mol. The predicted molar refractivity (Wildman–Crippen MR) is 66.1 cm³/mol. The van der Waals surface area contributed by atoms with Crippen LogP contribution in [-0.2, 0) is 0 Å². The highest BCUT2D eigenvalue weighted by molar-refractivity contribution is 9.10. The summed E-state index contributed by atoms with van der Waals surface area (Å²) in [6, 6.07) is 7.47. The van der Waals surface area contributed by atoms with E-state index in [1.54, 1.807) is 12.1 Å². The number of aromatic nitrogens is 2.